The molecule has 0 unspecified atom stereocenters. The second-order valence-corrected chi connectivity index (χ2v) is 6.36. The molecule has 0 aliphatic rings. The Labute approximate surface area is 156 Å². The van der Waals surface area contributed by atoms with E-state index in [2.05, 4.69) is 15.8 Å². The SMILES string of the molecule is C/C(CC(=O)Nc1ccc(C)c(Cl)c1)=N\NC(=O)c1cccc(C)c1O. The molecule has 0 aromatic heterocycles. The Kier molecular flexibility index (Phi) is 6.36. The van der Waals surface area contributed by atoms with E-state index in [1.807, 2.05) is 13.0 Å². The minimum atomic E-state index is -0.545. The summed E-state index contributed by atoms with van der Waals surface area (Å²) in [5, 5.41) is 17.1. The minimum absolute atomic E-state index is 0.00553. The first-order chi connectivity index (χ1) is 12.3. The number of carbonyl (C=O) groups excluding carboxylic acids is 2. The van der Waals surface area contributed by atoms with E-state index in [1.54, 1.807) is 38.1 Å². The van der Waals surface area contributed by atoms with Crippen molar-refractivity contribution < 1.29 is 14.7 Å². The highest BCUT2D eigenvalue weighted by molar-refractivity contribution is 6.31. The molecule has 26 heavy (non-hydrogen) atoms. The second-order valence-electron chi connectivity index (χ2n) is 5.95. The van der Waals surface area contributed by atoms with Crippen LogP contribution in [0.3, 0.4) is 0 Å². The lowest BCUT2D eigenvalue weighted by molar-refractivity contribution is -0.115. The molecule has 2 aromatic rings. The van der Waals surface area contributed by atoms with E-state index in [-0.39, 0.29) is 23.6 Å². The maximum absolute atomic E-state index is 12.1. The molecule has 136 valence electrons. The maximum atomic E-state index is 12.1. The summed E-state index contributed by atoms with van der Waals surface area (Å²) < 4.78 is 0. The van der Waals surface area contributed by atoms with Gasteiger partial charge in [-0.1, -0.05) is 29.8 Å². The summed E-state index contributed by atoms with van der Waals surface area (Å²) in [5.74, 6) is -0.915. The summed E-state index contributed by atoms with van der Waals surface area (Å²) >= 11 is 6.03. The molecule has 0 saturated heterocycles. The average Bonchev–Trinajstić information content (AvgIpc) is 2.58. The van der Waals surface area contributed by atoms with Crippen LogP contribution in [0.1, 0.15) is 34.8 Å². The second kappa shape index (κ2) is 8.49. The van der Waals surface area contributed by atoms with Gasteiger partial charge in [0.25, 0.3) is 5.91 Å². The standard InChI is InChI=1S/C19H20ClN3O3/c1-11-7-8-14(10-16(11)20)21-17(24)9-13(3)22-23-19(26)15-6-4-5-12(2)18(15)25/h4-8,10,25H,9H2,1-3H3,(H,21,24)(H,23,26)/b22-13+. The molecule has 2 aromatic carbocycles. The lowest BCUT2D eigenvalue weighted by atomic mass is 10.1. The van der Waals surface area contributed by atoms with E-state index in [4.69, 9.17) is 11.6 Å². The van der Waals surface area contributed by atoms with Crippen molar-refractivity contribution >= 4 is 34.8 Å². The zero-order valence-corrected chi connectivity index (χ0v) is 15.5. The molecule has 0 aliphatic heterocycles. The van der Waals surface area contributed by atoms with Crippen molar-refractivity contribution in [3.8, 4) is 5.75 Å². The van der Waals surface area contributed by atoms with Crippen LogP contribution in [0, 0.1) is 13.8 Å². The molecular formula is C19H20ClN3O3. The predicted molar refractivity (Wildman–Crippen MR) is 103 cm³/mol. The number of hydrazone groups is 1. The number of rotatable bonds is 5. The Morgan fingerprint density at radius 1 is 1.15 bits per heavy atom. The number of phenols is 1. The van der Waals surface area contributed by atoms with Gasteiger partial charge in [-0.05, 0) is 50.1 Å². The van der Waals surface area contributed by atoms with E-state index >= 15 is 0 Å². The van der Waals surface area contributed by atoms with Crippen LogP contribution in [0.25, 0.3) is 0 Å². The van der Waals surface area contributed by atoms with Gasteiger partial charge in [-0.2, -0.15) is 5.10 Å². The number of nitrogens with one attached hydrogen (secondary N) is 2. The zero-order chi connectivity index (χ0) is 19.3. The first-order valence-electron chi connectivity index (χ1n) is 7.96. The first kappa shape index (κ1) is 19.5. The van der Waals surface area contributed by atoms with Gasteiger partial charge in [0.05, 0.1) is 12.0 Å². The fourth-order valence-corrected chi connectivity index (χ4v) is 2.38. The Morgan fingerprint density at radius 3 is 2.58 bits per heavy atom. The van der Waals surface area contributed by atoms with E-state index in [0.29, 0.717) is 22.0 Å². The van der Waals surface area contributed by atoms with Gasteiger partial charge in [0, 0.05) is 16.4 Å². The number of phenolic OH excluding ortho intramolecular Hbond substituents is 1. The molecular weight excluding hydrogens is 354 g/mol. The fourth-order valence-electron chi connectivity index (χ4n) is 2.20. The predicted octanol–water partition coefficient (Wildman–Crippen LogP) is 3.80. The van der Waals surface area contributed by atoms with Crippen LogP contribution < -0.4 is 10.7 Å². The van der Waals surface area contributed by atoms with Crippen LogP contribution in [0.15, 0.2) is 41.5 Å². The number of carbonyl (C=O) groups is 2. The van der Waals surface area contributed by atoms with Crippen LogP contribution >= 0.6 is 11.6 Å². The van der Waals surface area contributed by atoms with E-state index in [1.165, 1.54) is 6.07 Å². The normalized spacial score (nSPS) is 11.2. The van der Waals surface area contributed by atoms with Crippen molar-refractivity contribution in [2.75, 3.05) is 5.32 Å². The van der Waals surface area contributed by atoms with Crippen LogP contribution in [-0.4, -0.2) is 22.6 Å². The van der Waals surface area contributed by atoms with Crippen LogP contribution in [0.5, 0.6) is 5.75 Å². The zero-order valence-electron chi connectivity index (χ0n) is 14.8. The smallest absolute Gasteiger partial charge is 0.275 e. The molecule has 3 N–H and O–H groups in total. The Hall–Kier alpha value is -2.86. The number of anilines is 1. The number of benzene rings is 2. The molecule has 0 atom stereocenters. The number of aromatic hydroxyl groups is 1. The molecule has 0 saturated carbocycles. The number of hydrogen-bond acceptors (Lipinski definition) is 4. The molecule has 0 heterocycles. The van der Waals surface area contributed by atoms with Crippen molar-refractivity contribution in [2.45, 2.75) is 27.2 Å². The van der Waals surface area contributed by atoms with Gasteiger partial charge in [-0.3, -0.25) is 9.59 Å². The quantitative estimate of drug-likeness (QED) is 0.550. The molecule has 7 heteroatoms. The highest BCUT2D eigenvalue weighted by Gasteiger charge is 2.12. The third-order valence-corrected chi connectivity index (χ3v) is 4.11. The number of para-hydroxylation sites is 1. The van der Waals surface area contributed by atoms with Gasteiger partial charge in [0.2, 0.25) is 5.91 Å². The minimum Gasteiger partial charge on any atom is -0.507 e. The molecule has 0 bridgehead atoms. The van der Waals surface area contributed by atoms with Gasteiger partial charge >= 0.3 is 0 Å². The van der Waals surface area contributed by atoms with Crippen molar-refractivity contribution in [3.63, 3.8) is 0 Å². The number of halogens is 1. The lowest BCUT2D eigenvalue weighted by Gasteiger charge is -2.08. The Balaban J connectivity index is 1.94. The summed E-state index contributed by atoms with van der Waals surface area (Å²) in [5.41, 5.74) is 4.99. The fraction of sp³-hybridized carbons (Fsp3) is 0.211. The van der Waals surface area contributed by atoms with E-state index < -0.39 is 5.91 Å². The lowest BCUT2D eigenvalue weighted by Crippen LogP contribution is -2.21. The number of amides is 2. The molecule has 0 radical (unpaired) electrons. The number of hydrogen-bond donors (Lipinski definition) is 3. The maximum Gasteiger partial charge on any atom is 0.275 e. The largest absolute Gasteiger partial charge is 0.507 e. The van der Waals surface area contributed by atoms with E-state index in [0.717, 1.165) is 5.56 Å². The summed E-state index contributed by atoms with van der Waals surface area (Å²) in [7, 11) is 0. The van der Waals surface area contributed by atoms with Gasteiger partial charge in [0.1, 0.15) is 5.75 Å². The Morgan fingerprint density at radius 2 is 1.88 bits per heavy atom. The van der Waals surface area contributed by atoms with Crippen molar-refractivity contribution in [2.24, 2.45) is 5.10 Å². The summed E-state index contributed by atoms with van der Waals surface area (Å²) in [4.78, 5) is 24.1. The molecule has 2 rings (SSSR count). The van der Waals surface area contributed by atoms with Gasteiger partial charge in [0.15, 0.2) is 0 Å². The monoisotopic (exact) mass is 373 g/mol. The number of aryl methyl sites for hydroxylation is 2. The topological polar surface area (TPSA) is 90.8 Å². The first-order valence-corrected chi connectivity index (χ1v) is 8.34. The number of nitrogens with zero attached hydrogens (tertiary/aromatic N) is 1. The van der Waals surface area contributed by atoms with E-state index in [9.17, 15) is 14.7 Å². The van der Waals surface area contributed by atoms with Crippen LogP contribution in [-0.2, 0) is 4.79 Å². The van der Waals surface area contributed by atoms with Crippen LogP contribution in [0.2, 0.25) is 5.02 Å². The van der Waals surface area contributed by atoms with Gasteiger partial charge in [-0.15, -0.1) is 0 Å². The summed E-state index contributed by atoms with van der Waals surface area (Å²) in [6.07, 6.45) is 0.00553. The van der Waals surface area contributed by atoms with Gasteiger partial charge < -0.3 is 10.4 Å². The average molecular weight is 374 g/mol. The summed E-state index contributed by atoms with van der Waals surface area (Å²) in [6, 6.07) is 10.1. The highest BCUT2D eigenvalue weighted by atomic mass is 35.5. The molecule has 6 nitrogen and oxygen atoms in total. The summed E-state index contributed by atoms with van der Waals surface area (Å²) in [6.45, 7) is 5.19. The third kappa shape index (κ3) is 5.07. The highest BCUT2D eigenvalue weighted by Crippen LogP contribution is 2.21. The van der Waals surface area contributed by atoms with Crippen molar-refractivity contribution in [3.05, 3.63) is 58.1 Å². The van der Waals surface area contributed by atoms with Crippen LogP contribution in [0.4, 0.5) is 5.69 Å². The van der Waals surface area contributed by atoms with Gasteiger partial charge in [-0.25, -0.2) is 5.43 Å². The molecule has 0 aliphatic carbocycles. The van der Waals surface area contributed by atoms with Crippen molar-refractivity contribution in [1.29, 1.82) is 0 Å². The molecule has 0 spiro atoms. The Bertz CT molecular complexity index is 878. The third-order valence-electron chi connectivity index (χ3n) is 3.70. The van der Waals surface area contributed by atoms with Crippen molar-refractivity contribution in [1.82, 2.24) is 5.43 Å². The molecule has 0 fully saturated rings. The molecule has 2 amide bonds.